The van der Waals surface area contributed by atoms with Crippen molar-refractivity contribution in [1.82, 2.24) is 19.7 Å². The van der Waals surface area contributed by atoms with Crippen LogP contribution in [0.4, 0.5) is 5.69 Å². The van der Waals surface area contributed by atoms with Crippen molar-refractivity contribution in [2.24, 2.45) is 0 Å². The average Bonchev–Trinajstić information content (AvgIpc) is 3.23. The number of hydrogen-bond acceptors (Lipinski definition) is 4. The number of benzene rings is 2. The molecule has 0 saturated heterocycles. The third kappa shape index (κ3) is 4.90. The second-order valence-electron chi connectivity index (χ2n) is 7.76. The zero-order valence-electron chi connectivity index (χ0n) is 17.8. The molecule has 3 rings (SSSR count). The maximum Gasteiger partial charge on any atom is 0.238 e. The van der Waals surface area contributed by atoms with Crippen molar-refractivity contribution in [1.29, 1.82) is 0 Å². The Hall–Kier alpha value is -2.99. The first-order valence-corrected chi connectivity index (χ1v) is 9.91. The van der Waals surface area contributed by atoms with Crippen LogP contribution in [0.3, 0.4) is 0 Å². The van der Waals surface area contributed by atoms with Crippen molar-refractivity contribution >= 4 is 11.6 Å². The van der Waals surface area contributed by atoms with Crippen LogP contribution < -0.4 is 5.32 Å². The van der Waals surface area contributed by atoms with Gasteiger partial charge in [-0.1, -0.05) is 44.2 Å². The first-order chi connectivity index (χ1) is 13.9. The lowest BCUT2D eigenvalue weighted by Crippen LogP contribution is -2.32. The summed E-state index contributed by atoms with van der Waals surface area (Å²) in [5, 5.41) is 7.27. The molecule has 6 heteroatoms. The van der Waals surface area contributed by atoms with Gasteiger partial charge in [-0.2, -0.15) is 5.10 Å². The molecule has 3 aromatic rings. The second kappa shape index (κ2) is 9.01. The standard InChI is InChI=1S/C23H29N5O/c1-16(2)21-8-6-7-17(3)23(21)26-22(29)13-27(5)18(4)19-9-11-20(12-10-19)28-15-24-14-25-28/h6-12,14-16,18H,13H2,1-5H3,(H,26,29)/t18-/m1/s1. The molecule has 0 bridgehead atoms. The molecule has 1 aromatic heterocycles. The molecule has 0 spiro atoms. The van der Waals surface area contributed by atoms with Crippen LogP contribution in [0, 0.1) is 6.92 Å². The Morgan fingerprint density at radius 3 is 2.48 bits per heavy atom. The molecule has 0 unspecified atom stereocenters. The summed E-state index contributed by atoms with van der Waals surface area (Å²) in [6.45, 7) is 8.73. The number of aryl methyl sites for hydroxylation is 1. The molecule has 0 aliphatic carbocycles. The molecule has 1 atom stereocenters. The average molecular weight is 392 g/mol. The number of hydrogen-bond donors (Lipinski definition) is 1. The molecule has 152 valence electrons. The van der Waals surface area contributed by atoms with Crippen LogP contribution in [0.25, 0.3) is 5.69 Å². The van der Waals surface area contributed by atoms with Crippen LogP contribution in [-0.2, 0) is 4.79 Å². The Morgan fingerprint density at radius 2 is 1.86 bits per heavy atom. The van der Waals surface area contributed by atoms with E-state index in [1.54, 1.807) is 11.0 Å². The third-order valence-corrected chi connectivity index (χ3v) is 5.30. The van der Waals surface area contributed by atoms with E-state index < -0.39 is 0 Å². The van der Waals surface area contributed by atoms with Crippen molar-refractivity contribution in [3.8, 4) is 5.69 Å². The summed E-state index contributed by atoms with van der Waals surface area (Å²) in [5.41, 5.74) is 5.29. The quantitative estimate of drug-likeness (QED) is 0.651. The van der Waals surface area contributed by atoms with Gasteiger partial charge in [-0.15, -0.1) is 0 Å². The highest BCUT2D eigenvalue weighted by Gasteiger charge is 2.17. The molecule has 0 aliphatic heterocycles. The van der Waals surface area contributed by atoms with Crippen LogP contribution in [0.5, 0.6) is 0 Å². The van der Waals surface area contributed by atoms with Gasteiger partial charge < -0.3 is 5.32 Å². The van der Waals surface area contributed by atoms with Crippen molar-refractivity contribution in [3.63, 3.8) is 0 Å². The van der Waals surface area contributed by atoms with Gasteiger partial charge in [0, 0.05) is 11.7 Å². The third-order valence-electron chi connectivity index (χ3n) is 5.30. The van der Waals surface area contributed by atoms with Crippen LogP contribution in [0.1, 0.15) is 49.4 Å². The molecule has 2 aromatic carbocycles. The van der Waals surface area contributed by atoms with Gasteiger partial charge in [0.1, 0.15) is 12.7 Å². The second-order valence-corrected chi connectivity index (χ2v) is 7.76. The minimum absolute atomic E-state index is 0.00483. The largest absolute Gasteiger partial charge is 0.324 e. The zero-order valence-corrected chi connectivity index (χ0v) is 17.8. The van der Waals surface area contributed by atoms with E-state index in [4.69, 9.17) is 0 Å². The maximum atomic E-state index is 12.7. The van der Waals surface area contributed by atoms with Gasteiger partial charge in [0.25, 0.3) is 0 Å². The number of carbonyl (C=O) groups is 1. The SMILES string of the molecule is Cc1cccc(C(C)C)c1NC(=O)CN(C)[C@H](C)c1ccc(-n2cncn2)cc1. The number of carbonyl (C=O) groups excluding carboxylic acids is 1. The van der Waals surface area contributed by atoms with Gasteiger partial charge in [-0.3, -0.25) is 9.69 Å². The number of anilines is 1. The molecule has 29 heavy (non-hydrogen) atoms. The van der Waals surface area contributed by atoms with Crippen molar-refractivity contribution in [3.05, 3.63) is 71.8 Å². The molecule has 1 amide bonds. The summed E-state index contributed by atoms with van der Waals surface area (Å²) < 4.78 is 1.72. The number of amides is 1. The first-order valence-electron chi connectivity index (χ1n) is 9.91. The van der Waals surface area contributed by atoms with Gasteiger partial charge in [0.2, 0.25) is 5.91 Å². The van der Waals surface area contributed by atoms with E-state index >= 15 is 0 Å². The summed E-state index contributed by atoms with van der Waals surface area (Å²) in [6.07, 6.45) is 3.19. The minimum Gasteiger partial charge on any atom is -0.324 e. The number of likely N-dealkylation sites (N-methyl/N-ethyl adjacent to an activating group) is 1. The number of para-hydroxylation sites is 1. The Bertz CT molecular complexity index is 948. The van der Waals surface area contributed by atoms with E-state index in [2.05, 4.69) is 54.4 Å². The lowest BCUT2D eigenvalue weighted by atomic mass is 9.98. The monoisotopic (exact) mass is 391 g/mol. The van der Waals surface area contributed by atoms with E-state index in [0.29, 0.717) is 12.5 Å². The number of aromatic nitrogens is 3. The molecule has 0 fully saturated rings. The number of nitrogens with one attached hydrogen (secondary N) is 1. The van der Waals surface area contributed by atoms with Crippen molar-refractivity contribution in [2.45, 2.75) is 39.7 Å². The van der Waals surface area contributed by atoms with E-state index in [9.17, 15) is 4.79 Å². The van der Waals surface area contributed by atoms with Gasteiger partial charge in [0.05, 0.1) is 12.2 Å². The fourth-order valence-corrected chi connectivity index (χ4v) is 3.39. The molecule has 0 saturated carbocycles. The Labute approximate surface area is 172 Å². The van der Waals surface area contributed by atoms with E-state index in [0.717, 1.165) is 28.1 Å². The van der Waals surface area contributed by atoms with E-state index in [1.165, 1.54) is 6.33 Å². The molecule has 1 heterocycles. The normalized spacial score (nSPS) is 12.4. The molecular formula is C23H29N5O. The molecule has 6 nitrogen and oxygen atoms in total. The van der Waals surface area contributed by atoms with Crippen LogP contribution in [-0.4, -0.2) is 39.2 Å². The van der Waals surface area contributed by atoms with Gasteiger partial charge >= 0.3 is 0 Å². The van der Waals surface area contributed by atoms with Crippen LogP contribution in [0.2, 0.25) is 0 Å². The molecule has 1 N–H and O–H groups in total. The van der Waals surface area contributed by atoms with E-state index in [1.807, 2.05) is 43.1 Å². The summed E-state index contributed by atoms with van der Waals surface area (Å²) in [7, 11) is 1.97. The number of rotatable bonds is 7. The van der Waals surface area contributed by atoms with Gasteiger partial charge in [0.15, 0.2) is 0 Å². The fourth-order valence-electron chi connectivity index (χ4n) is 3.39. The highest BCUT2D eigenvalue weighted by atomic mass is 16.2. The van der Waals surface area contributed by atoms with E-state index in [-0.39, 0.29) is 11.9 Å². The fraction of sp³-hybridized carbons (Fsp3) is 0.348. The lowest BCUT2D eigenvalue weighted by Gasteiger charge is -2.25. The summed E-state index contributed by atoms with van der Waals surface area (Å²) in [5.74, 6) is 0.347. The molecule has 0 aliphatic rings. The Morgan fingerprint density at radius 1 is 1.14 bits per heavy atom. The van der Waals surface area contributed by atoms with Crippen molar-refractivity contribution in [2.75, 3.05) is 18.9 Å². The maximum absolute atomic E-state index is 12.7. The van der Waals surface area contributed by atoms with Crippen molar-refractivity contribution < 1.29 is 4.79 Å². The Kier molecular flexibility index (Phi) is 6.44. The minimum atomic E-state index is -0.00483. The summed E-state index contributed by atoms with van der Waals surface area (Å²) in [6, 6.07) is 14.4. The smallest absolute Gasteiger partial charge is 0.238 e. The topological polar surface area (TPSA) is 63.1 Å². The predicted molar refractivity (Wildman–Crippen MR) is 116 cm³/mol. The molecular weight excluding hydrogens is 362 g/mol. The summed E-state index contributed by atoms with van der Waals surface area (Å²) in [4.78, 5) is 18.7. The zero-order chi connectivity index (χ0) is 21.0. The summed E-state index contributed by atoms with van der Waals surface area (Å²) >= 11 is 0. The number of nitrogens with zero attached hydrogens (tertiary/aromatic N) is 4. The lowest BCUT2D eigenvalue weighted by molar-refractivity contribution is -0.117. The highest BCUT2D eigenvalue weighted by Crippen LogP contribution is 2.27. The first kappa shape index (κ1) is 20.7. The molecule has 0 radical (unpaired) electrons. The van der Waals surface area contributed by atoms with Gasteiger partial charge in [-0.25, -0.2) is 9.67 Å². The highest BCUT2D eigenvalue weighted by molar-refractivity contribution is 5.94. The van der Waals surface area contributed by atoms with Crippen LogP contribution in [0.15, 0.2) is 55.1 Å². The van der Waals surface area contributed by atoms with Crippen LogP contribution >= 0.6 is 0 Å². The van der Waals surface area contributed by atoms with Gasteiger partial charge in [-0.05, 0) is 55.6 Å². The predicted octanol–water partition coefficient (Wildman–Crippen LogP) is 4.33. The Balaban J connectivity index is 1.65.